The van der Waals surface area contributed by atoms with Crippen LogP contribution in [0.3, 0.4) is 0 Å². The molecule has 3 aromatic rings. The Morgan fingerprint density at radius 3 is 2.68 bits per heavy atom. The third-order valence-electron chi connectivity index (χ3n) is 3.50. The van der Waals surface area contributed by atoms with Gasteiger partial charge in [0.1, 0.15) is 0 Å². The van der Waals surface area contributed by atoms with E-state index >= 15 is 0 Å². The van der Waals surface area contributed by atoms with Crippen LogP contribution in [0.5, 0.6) is 0 Å². The zero-order chi connectivity index (χ0) is 13.7. The molecule has 0 aliphatic carbocycles. The smallest absolute Gasteiger partial charge is 0.180 e. The Hall–Kier alpha value is -1.52. The number of nitrogens with two attached hydrogens (primary N) is 1. The highest BCUT2D eigenvalue weighted by molar-refractivity contribution is 7.15. The standard InChI is InChI=1S/C14H14ClN3S/c1-7-12(13-8(2)19-14(16)17-13)10-6-9(15)4-5-11(10)18(7)3/h4-6H,1-3H3,(H2,16,17). The van der Waals surface area contributed by atoms with Gasteiger partial charge in [0.15, 0.2) is 5.13 Å². The first-order chi connectivity index (χ1) is 8.99. The molecule has 0 saturated carbocycles. The fourth-order valence-corrected chi connectivity index (χ4v) is 3.36. The van der Waals surface area contributed by atoms with Gasteiger partial charge in [-0.3, -0.25) is 0 Å². The number of aryl methyl sites for hydroxylation is 2. The van der Waals surface area contributed by atoms with Gasteiger partial charge in [0.25, 0.3) is 0 Å². The van der Waals surface area contributed by atoms with Gasteiger partial charge < -0.3 is 10.3 Å². The molecular weight excluding hydrogens is 278 g/mol. The SMILES string of the molecule is Cc1sc(N)nc1-c1c(C)n(C)c2ccc(Cl)cc12. The molecule has 1 aromatic carbocycles. The third-order valence-corrected chi connectivity index (χ3v) is 4.54. The zero-order valence-corrected chi connectivity index (χ0v) is 12.6. The highest BCUT2D eigenvalue weighted by Gasteiger charge is 2.18. The van der Waals surface area contributed by atoms with Crippen LogP contribution in [-0.4, -0.2) is 9.55 Å². The topological polar surface area (TPSA) is 43.8 Å². The predicted molar refractivity (Wildman–Crippen MR) is 82.9 cm³/mol. The third kappa shape index (κ3) is 1.83. The van der Waals surface area contributed by atoms with Gasteiger partial charge in [-0.2, -0.15) is 0 Å². The van der Waals surface area contributed by atoms with E-state index in [-0.39, 0.29) is 0 Å². The number of anilines is 1. The van der Waals surface area contributed by atoms with E-state index in [4.69, 9.17) is 17.3 Å². The number of aromatic nitrogens is 2. The van der Waals surface area contributed by atoms with Gasteiger partial charge in [0.2, 0.25) is 0 Å². The van der Waals surface area contributed by atoms with E-state index in [1.54, 1.807) is 0 Å². The van der Waals surface area contributed by atoms with Crippen LogP contribution in [0, 0.1) is 13.8 Å². The van der Waals surface area contributed by atoms with E-state index in [0.29, 0.717) is 5.13 Å². The lowest BCUT2D eigenvalue weighted by atomic mass is 10.1. The Bertz CT molecular complexity index is 786. The maximum atomic E-state index is 6.13. The van der Waals surface area contributed by atoms with Crippen molar-refractivity contribution in [3.8, 4) is 11.3 Å². The van der Waals surface area contributed by atoms with Crippen molar-refractivity contribution in [2.45, 2.75) is 13.8 Å². The summed E-state index contributed by atoms with van der Waals surface area (Å²) < 4.78 is 2.16. The fraction of sp³-hybridized carbons (Fsp3) is 0.214. The monoisotopic (exact) mass is 291 g/mol. The van der Waals surface area contributed by atoms with Gasteiger partial charge in [-0.05, 0) is 32.0 Å². The minimum Gasteiger partial charge on any atom is -0.375 e. The summed E-state index contributed by atoms with van der Waals surface area (Å²) in [7, 11) is 2.06. The van der Waals surface area contributed by atoms with Gasteiger partial charge >= 0.3 is 0 Å². The Kier molecular flexibility index (Phi) is 2.80. The molecule has 2 aromatic heterocycles. The first-order valence-electron chi connectivity index (χ1n) is 5.97. The van der Waals surface area contributed by atoms with E-state index in [1.165, 1.54) is 17.0 Å². The number of hydrogen-bond donors (Lipinski definition) is 1. The zero-order valence-electron chi connectivity index (χ0n) is 11.0. The second kappa shape index (κ2) is 4.25. The molecule has 3 nitrogen and oxygen atoms in total. The van der Waals surface area contributed by atoms with Crippen LogP contribution in [0.4, 0.5) is 5.13 Å². The predicted octanol–water partition coefficient (Wildman–Crippen LogP) is 4.15. The summed E-state index contributed by atoms with van der Waals surface area (Å²) in [4.78, 5) is 5.61. The molecular formula is C14H14ClN3S. The molecule has 3 rings (SSSR count). The van der Waals surface area contributed by atoms with E-state index in [2.05, 4.69) is 23.5 Å². The number of halogens is 1. The first kappa shape index (κ1) is 12.5. The normalized spacial score (nSPS) is 11.4. The molecule has 0 saturated heterocycles. The largest absolute Gasteiger partial charge is 0.375 e. The van der Waals surface area contributed by atoms with Gasteiger partial charge in [0, 0.05) is 39.1 Å². The average molecular weight is 292 g/mol. The Balaban J connectivity index is 2.43. The molecule has 0 bridgehead atoms. The van der Waals surface area contributed by atoms with Gasteiger partial charge in [-0.1, -0.05) is 11.6 Å². The van der Waals surface area contributed by atoms with E-state index in [0.717, 1.165) is 32.1 Å². The molecule has 0 aliphatic rings. The molecule has 0 amide bonds. The van der Waals surface area contributed by atoms with Crippen LogP contribution in [0.2, 0.25) is 5.02 Å². The van der Waals surface area contributed by atoms with Gasteiger partial charge in [0.05, 0.1) is 5.69 Å². The molecule has 0 fully saturated rings. The van der Waals surface area contributed by atoms with E-state index < -0.39 is 0 Å². The summed E-state index contributed by atoms with van der Waals surface area (Å²) in [6, 6.07) is 5.95. The van der Waals surface area contributed by atoms with Crippen molar-refractivity contribution in [2.24, 2.45) is 7.05 Å². The second-order valence-corrected chi connectivity index (χ2v) is 6.31. The Morgan fingerprint density at radius 2 is 2.05 bits per heavy atom. The number of rotatable bonds is 1. The lowest BCUT2D eigenvalue weighted by molar-refractivity contribution is 0.919. The molecule has 98 valence electrons. The summed E-state index contributed by atoms with van der Waals surface area (Å²) in [5.74, 6) is 0. The first-order valence-corrected chi connectivity index (χ1v) is 7.16. The Morgan fingerprint density at radius 1 is 1.32 bits per heavy atom. The van der Waals surface area contributed by atoms with Crippen molar-refractivity contribution < 1.29 is 0 Å². The lowest BCUT2D eigenvalue weighted by Crippen LogP contribution is -1.91. The maximum absolute atomic E-state index is 6.13. The quantitative estimate of drug-likeness (QED) is 0.732. The highest BCUT2D eigenvalue weighted by Crippen LogP contribution is 2.38. The van der Waals surface area contributed by atoms with Crippen LogP contribution in [0.25, 0.3) is 22.2 Å². The van der Waals surface area contributed by atoms with Crippen molar-refractivity contribution in [1.29, 1.82) is 0 Å². The van der Waals surface area contributed by atoms with Crippen molar-refractivity contribution >= 4 is 39.0 Å². The molecule has 0 spiro atoms. The van der Waals surface area contributed by atoms with Crippen molar-refractivity contribution in [1.82, 2.24) is 9.55 Å². The lowest BCUT2D eigenvalue weighted by Gasteiger charge is -2.00. The summed E-state index contributed by atoms with van der Waals surface area (Å²) >= 11 is 7.65. The van der Waals surface area contributed by atoms with Gasteiger partial charge in [-0.15, -0.1) is 11.3 Å². The summed E-state index contributed by atoms with van der Waals surface area (Å²) in [6.45, 7) is 4.14. The van der Waals surface area contributed by atoms with E-state index in [1.807, 2.05) is 25.1 Å². The number of benzene rings is 1. The molecule has 0 atom stereocenters. The summed E-state index contributed by atoms with van der Waals surface area (Å²) in [6.07, 6.45) is 0. The summed E-state index contributed by atoms with van der Waals surface area (Å²) in [5.41, 5.74) is 10.2. The molecule has 2 N–H and O–H groups in total. The minimum atomic E-state index is 0.603. The van der Waals surface area contributed by atoms with Gasteiger partial charge in [-0.25, -0.2) is 4.98 Å². The number of nitrogens with zero attached hydrogens (tertiary/aromatic N) is 2. The molecule has 0 radical (unpaired) electrons. The van der Waals surface area contributed by atoms with E-state index in [9.17, 15) is 0 Å². The highest BCUT2D eigenvalue weighted by atomic mass is 35.5. The summed E-state index contributed by atoms with van der Waals surface area (Å²) in [5, 5.41) is 2.46. The second-order valence-electron chi connectivity index (χ2n) is 4.64. The number of fused-ring (bicyclic) bond motifs is 1. The molecule has 19 heavy (non-hydrogen) atoms. The molecule has 0 unspecified atom stereocenters. The Labute approximate surface area is 120 Å². The van der Waals surface area contributed by atoms with Crippen molar-refractivity contribution in [2.75, 3.05) is 5.73 Å². The van der Waals surface area contributed by atoms with Crippen molar-refractivity contribution in [3.05, 3.63) is 33.8 Å². The minimum absolute atomic E-state index is 0.603. The fourth-order valence-electron chi connectivity index (χ4n) is 2.49. The maximum Gasteiger partial charge on any atom is 0.180 e. The molecule has 5 heteroatoms. The van der Waals surface area contributed by atoms with Crippen LogP contribution < -0.4 is 5.73 Å². The van der Waals surface area contributed by atoms with Crippen molar-refractivity contribution in [3.63, 3.8) is 0 Å². The van der Waals surface area contributed by atoms with Crippen LogP contribution in [0.15, 0.2) is 18.2 Å². The van der Waals surface area contributed by atoms with Crippen LogP contribution in [-0.2, 0) is 7.05 Å². The van der Waals surface area contributed by atoms with Crippen LogP contribution >= 0.6 is 22.9 Å². The molecule has 0 aliphatic heterocycles. The number of hydrogen-bond acceptors (Lipinski definition) is 3. The number of thiazole rings is 1. The number of nitrogen functional groups attached to an aromatic ring is 1. The molecule has 2 heterocycles. The average Bonchev–Trinajstić information content (AvgIpc) is 2.78. The van der Waals surface area contributed by atoms with Crippen LogP contribution in [0.1, 0.15) is 10.6 Å².